The summed E-state index contributed by atoms with van der Waals surface area (Å²) in [5, 5.41) is 11.3. The van der Waals surface area contributed by atoms with Gasteiger partial charge in [0.05, 0.1) is 13.1 Å². The Morgan fingerprint density at radius 1 is 1.14 bits per heavy atom. The summed E-state index contributed by atoms with van der Waals surface area (Å²) in [6.07, 6.45) is 5.43. The topological polar surface area (TPSA) is 88.2 Å². The van der Waals surface area contributed by atoms with Crippen LogP contribution in [0.5, 0.6) is 0 Å². The third-order valence-electron chi connectivity index (χ3n) is 1.52. The van der Waals surface area contributed by atoms with E-state index in [2.05, 4.69) is 19.2 Å². The Labute approximate surface area is 87.0 Å². The van der Waals surface area contributed by atoms with E-state index in [1.807, 2.05) is 0 Å². The average Bonchev–Trinajstić information content (AvgIpc) is 2.03. The molecular weight excluding hydrogens is 182 g/mol. The van der Waals surface area contributed by atoms with Crippen molar-refractivity contribution in [3.8, 4) is 0 Å². The minimum atomic E-state index is -1.08. The predicted octanol–water partition coefficient (Wildman–Crippen LogP) is -0.918. The highest BCUT2D eigenvalue weighted by Crippen LogP contribution is 1.80. The number of carbonyl (C=O) groups excluding carboxylic acids is 1. The van der Waals surface area contributed by atoms with Crippen LogP contribution >= 0.6 is 0 Å². The van der Waals surface area contributed by atoms with Crippen molar-refractivity contribution in [2.24, 2.45) is 0 Å². The van der Waals surface area contributed by atoms with Crippen LogP contribution in [0, 0.1) is 0 Å². The van der Waals surface area contributed by atoms with Crippen LogP contribution in [0.25, 0.3) is 0 Å². The third kappa shape index (κ3) is 42.3. The maximum Gasteiger partial charge on any atom is 0.0755 e. The molecule has 0 saturated carbocycles. The summed E-state index contributed by atoms with van der Waals surface area (Å²) in [7, 11) is 0. The fourth-order valence-electron chi connectivity index (χ4n) is 0.841. The van der Waals surface area contributed by atoms with Crippen LogP contribution in [-0.4, -0.2) is 24.5 Å². The lowest BCUT2D eigenvalue weighted by Crippen LogP contribution is -2.84. The van der Waals surface area contributed by atoms with E-state index in [4.69, 9.17) is 9.90 Å². The molecule has 0 heterocycles. The van der Waals surface area contributed by atoms with Crippen LogP contribution in [0.1, 0.15) is 46.5 Å². The first kappa shape index (κ1) is 19.0. The molecule has 0 rings (SSSR count). The molecule has 0 aromatic carbocycles. The van der Waals surface area contributed by atoms with Gasteiger partial charge >= 0.3 is 0 Å². The Hall–Kier alpha value is -0.610. The van der Waals surface area contributed by atoms with Gasteiger partial charge in [-0.2, -0.15) is 0 Å². The molecule has 4 heteroatoms. The number of carboxylic acid groups (broad SMARTS) is 1. The second kappa shape index (κ2) is 18.2. The molecule has 4 N–H and O–H groups in total. The van der Waals surface area contributed by atoms with Crippen molar-refractivity contribution >= 4 is 5.97 Å². The molecule has 0 aliphatic rings. The smallest absolute Gasteiger partial charge is 0.0755 e. The van der Waals surface area contributed by atoms with Crippen molar-refractivity contribution in [3.05, 3.63) is 0 Å². The maximum atomic E-state index is 8.89. The Morgan fingerprint density at radius 2 is 1.43 bits per heavy atom. The first-order valence-corrected chi connectivity index (χ1v) is 5.14. The summed E-state index contributed by atoms with van der Waals surface area (Å²) in [5.74, 6) is -1.08. The van der Waals surface area contributed by atoms with Crippen LogP contribution in [0.3, 0.4) is 0 Å². The number of nitrogens with two attached hydrogens (primary N) is 1. The second-order valence-electron chi connectivity index (χ2n) is 3.06. The molecule has 0 saturated heterocycles. The van der Waals surface area contributed by atoms with Crippen molar-refractivity contribution in [1.82, 2.24) is 0 Å². The zero-order valence-corrected chi connectivity index (χ0v) is 9.64. The molecule has 0 amide bonds. The number of unbranched alkanes of at least 4 members (excludes halogenated alkanes) is 2. The molecule has 0 aliphatic heterocycles. The molecule has 0 aromatic rings. The van der Waals surface area contributed by atoms with Gasteiger partial charge in [0.2, 0.25) is 0 Å². The largest absolute Gasteiger partial charge is 0.550 e. The number of rotatable bonds is 6. The maximum absolute atomic E-state index is 8.89. The van der Waals surface area contributed by atoms with Gasteiger partial charge in [-0.15, -0.1) is 0 Å². The number of carboxylic acids is 1. The molecule has 0 radical (unpaired) electrons. The van der Waals surface area contributed by atoms with Gasteiger partial charge in [0.15, 0.2) is 0 Å². The van der Waals surface area contributed by atoms with Crippen molar-refractivity contribution in [1.29, 1.82) is 0 Å². The zero-order valence-electron chi connectivity index (χ0n) is 9.64. The lowest BCUT2D eigenvalue weighted by Gasteiger charge is -1.96. The second-order valence-corrected chi connectivity index (χ2v) is 3.06. The van der Waals surface area contributed by atoms with E-state index >= 15 is 0 Å². The fraction of sp³-hybridized carbons (Fsp3) is 0.900. The van der Waals surface area contributed by atoms with Gasteiger partial charge in [-0.3, -0.25) is 0 Å². The minimum absolute atomic E-state index is 0. The molecule has 4 nitrogen and oxygen atoms in total. The van der Waals surface area contributed by atoms with Crippen LogP contribution in [-0.2, 0) is 4.79 Å². The SMILES string of the molecule is CC(=O)[O-].CCCC[NH2+]CCCC.O. The van der Waals surface area contributed by atoms with Crippen LogP contribution < -0.4 is 10.4 Å². The van der Waals surface area contributed by atoms with Crippen LogP contribution in [0.4, 0.5) is 0 Å². The molecule has 0 atom stereocenters. The van der Waals surface area contributed by atoms with E-state index in [0.717, 1.165) is 6.92 Å². The van der Waals surface area contributed by atoms with E-state index in [0.29, 0.717) is 0 Å². The van der Waals surface area contributed by atoms with E-state index in [1.54, 1.807) is 0 Å². The van der Waals surface area contributed by atoms with Gasteiger partial charge in [-0.05, 0) is 19.8 Å². The fourth-order valence-corrected chi connectivity index (χ4v) is 0.841. The molecule has 88 valence electrons. The van der Waals surface area contributed by atoms with E-state index < -0.39 is 5.97 Å². The Bertz CT molecular complexity index is 97.5. The number of quaternary nitrogens is 1. The van der Waals surface area contributed by atoms with Crippen molar-refractivity contribution < 1.29 is 20.7 Å². The lowest BCUT2D eigenvalue weighted by molar-refractivity contribution is -0.655. The molecule has 0 aliphatic carbocycles. The molecule has 0 unspecified atom stereocenters. The summed E-state index contributed by atoms with van der Waals surface area (Å²) in [4.78, 5) is 8.89. The Balaban J connectivity index is -0.000000209. The van der Waals surface area contributed by atoms with Crippen LogP contribution in [0.2, 0.25) is 0 Å². The molecular formula is C10H25NO3. The Kier molecular flexibility index (Phi) is 24.8. The quantitative estimate of drug-likeness (QED) is 0.571. The van der Waals surface area contributed by atoms with Gasteiger partial charge in [-0.1, -0.05) is 26.7 Å². The predicted molar refractivity (Wildman–Crippen MR) is 55.8 cm³/mol. The lowest BCUT2D eigenvalue weighted by atomic mass is 10.3. The number of hydrogen-bond acceptors (Lipinski definition) is 2. The normalized spacial score (nSPS) is 8.21. The van der Waals surface area contributed by atoms with Gasteiger partial charge in [-0.25, -0.2) is 0 Å². The van der Waals surface area contributed by atoms with Crippen molar-refractivity contribution in [2.45, 2.75) is 46.5 Å². The highest BCUT2D eigenvalue weighted by Gasteiger charge is 1.86. The summed E-state index contributed by atoms with van der Waals surface area (Å²) in [6.45, 7) is 8.12. The first-order valence-electron chi connectivity index (χ1n) is 5.14. The average molecular weight is 207 g/mol. The summed E-state index contributed by atoms with van der Waals surface area (Å²) >= 11 is 0. The molecule has 0 bridgehead atoms. The van der Waals surface area contributed by atoms with E-state index in [-0.39, 0.29) is 5.48 Å². The first-order chi connectivity index (χ1) is 6.15. The van der Waals surface area contributed by atoms with Gasteiger partial charge in [0.1, 0.15) is 0 Å². The van der Waals surface area contributed by atoms with Gasteiger partial charge in [0.25, 0.3) is 0 Å². The standard InChI is InChI=1S/C8H19N.C2H4O2.H2O/c1-3-5-7-9-8-6-4-2;1-2(3)4;/h9H,3-8H2,1-2H3;1H3,(H,3,4);1H2. The van der Waals surface area contributed by atoms with Crippen molar-refractivity contribution in [2.75, 3.05) is 13.1 Å². The number of aliphatic carboxylic acids is 1. The highest BCUT2D eigenvalue weighted by atomic mass is 16.4. The van der Waals surface area contributed by atoms with Crippen molar-refractivity contribution in [3.63, 3.8) is 0 Å². The monoisotopic (exact) mass is 207 g/mol. The molecule has 0 fully saturated rings. The molecule has 0 spiro atoms. The number of hydrogen-bond donors (Lipinski definition) is 1. The highest BCUT2D eigenvalue weighted by molar-refractivity contribution is 5.60. The minimum Gasteiger partial charge on any atom is -0.550 e. The zero-order chi connectivity index (χ0) is 10.5. The third-order valence-corrected chi connectivity index (χ3v) is 1.52. The molecule has 0 aromatic heterocycles. The van der Waals surface area contributed by atoms with Gasteiger partial charge in [0, 0.05) is 5.97 Å². The van der Waals surface area contributed by atoms with Crippen LogP contribution in [0.15, 0.2) is 0 Å². The summed E-state index contributed by atoms with van der Waals surface area (Å²) in [6, 6.07) is 0. The van der Waals surface area contributed by atoms with E-state index in [1.165, 1.54) is 38.8 Å². The molecule has 14 heavy (non-hydrogen) atoms. The van der Waals surface area contributed by atoms with Gasteiger partial charge < -0.3 is 20.7 Å². The number of carbonyl (C=O) groups is 1. The van der Waals surface area contributed by atoms with E-state index in [9.17, 15) is 0 Å². The summed E-state index contributed by atoms with van der Waals surface area (Å²) in [5.41, 5.74) is 0. The summed E-state index contributed by atoms with van der Waals surface area (Å²) < 4.78 is 0. The Morgan fingerprint density at radius 3 is 1.64 bits per heavy atom.